The Hall–Kier alpha value is -3.62. The Balaban J connectivity index is 1.69. The number of carbonyl (C=O) groups is 2. The number of hydrogen-bond acceptors (Lipinski definition) is 6. The highest BCUT2D eigenvalue weighted by molar-refractivity contribution is 7.17. The standard InChI is InChI=1S/C27H26ClN5O2S/c1-15-16(2)36-27-24(15)25(20-8-10-21(28)11-9-20)32-22(26(30)33(27)17(3)29)12-23(35)31-13-18-4-6-19(14-34)7-5-18/h4-11,14,22,29-30H,12-13H2,1-3H3,(H,31,35)/t22-/m0/s1. The van der Waals surface area contributed by atoms with E-state index in [1.54, 1.807) is 48.2 Å². The SMILES string of the molecule is CC(=N)N1C(=N)[C@H](CC(=O)NCc2ccc(C=O)cc2)N=C(c2ccc(Cl)cc2)c2c1sc(C)c2C. The third kappa shape index (κ3) is 5.15. The molecule has 0 fully saturated rings. The Morgan fingerprint density at radius 3 is 2.44 bits per heavy atom. The summed E-state index contributed by atoms with van der Waals surface area (Å²) < 4.78 is 0. The molecule has 0 unspecified atom stereocenters. The molecule has 0 aliphatic carbocycles. The Morgan fingerprint density at radius 1 is 1.17 bits per heavy atom. The van der Waals surface area contributed by atoms with E-state index in [-0.39, 0.29) is 24.0 Å². The summed E-state index contributed by atoms with van der Waals surface area (Å²) in [6, 6.07) is 13.5. The molecule has 3 N–H and O–H groups in total. The lowest BCUT2D eigenvalue weighted by Crippen LogP contribution is -2.42. The number of nitrogens with one attached hydrogen (secondary N) is 3. The van der Waals surface area contributed by atoms with E-state index in [9.17, 15) is 9.59 Å². The summed E-state index contributed by atoms with van der Waals surface area (Å²) in [5, 5.41) is 21.6. The summed E-state index contributed by atoms with van der Waals surface area (Å²) in [5.41, 5.74) is 4.85. The van der Waals surface area contributed by atoms with Gasteiger partial charge in [-0.3, -0.25) is 30.3 Å². The zero-order valence-corrected chi connectivity index (χ0v) is 21.8. The molecule has 0 saturated heterocycles. The number of carbonyl (C=O) groups excluding carboxylic acids is 2. The van der Waals surface area contributed by atoms with E-state index in [0.717, 1.165) is 38.4 Å². The van der Waals surface area contributed by atoms with Crippen LogP contribution in [0.5, 0.6) is 0 Å². The number of nitrogens with zero attached hydrogens (tertiary/aromatic N) is 2. The van der Waals surface area contributed by atoms with Crippen LogP contribution in [0.15, 0.2) is 53.5 Å². The van der Waals surface area contributed by atoms with Crippen molar-refractivity contribution in [2.75, 3.05) is 4.90 Å². The number of fused-ring (bicyclic) bond motifs is 1. The van der Waals surface area contributed by atoms with Crippen molar-refractivity contribution >= 4 is 57.5 Å². The van der Waals surface area contributed by atoms with Crippen LogP contribution in [0, 0.1) is 24.7 Å². The molecule has 3 aromatic rings. The van der Waals surface area contributed by atoms with Crippen molar-refractivity contribution in [1.29, 1.82) is 10.8 Å². The zero-order chi connectivity index (χ0) is 26.0. The van der Waals surface area contributed by atoms with E-state index < -0.39 is 6.04 Å². The second kappa shape index (κ2) is 10.6. The summed E-state index contributed by atoms with van der Waals surface area (Å²) in [6.45, 7) is 5.96. The van der Waals surface area contributed by atoms with Gasteiger partial charge in [-0.1, -0.05) is 48.0 Å². The minimum atomic E-state index is -0.785. The number of rotatable bonds is 6. The van der Waals surface area contributed by atoms with Crippen LogP contribution in [0.1, 0.15) is 50.8 Å². The van der Waals surface area contributed by atoms with Gasteiger partial charge in [0.15, 0.2) is 0 Å². The first kappa shape index (κ1) is 25.5. The van der Waals surface area contributed by atoms with Gasteiger partial charge >= 0.3 is 0 Å². The lowest BCUT2D eigenvalue weighted by atomic mass is 9.99. The number of anilines is 1. The van der Waals surface area contributed by atoms with Gasteiger partial charge < -0.3 is 5.32 Å². The Bertz CT molecular complexity index is 1380. The predicted octanol–water partition coefficient (Wildman–Crippen LogP) is 5.54. The molecule has 0 bridgehead atoms. The quantitative estimate of drug-likeness (QED) is 0.226. The van der Waals surface area contributed by atoms with E-state index >= 15 is 0 Å². The van der Waals surface area contributed by atoms with Crippen LogP contribution >= 0.6 is 22.9 Å². The summed E-state index contributed by atoms with van der Waals surface area (Å²) in [7, 11) is 0. The van der Waals surface area contributed by atoms with Crippen molar-refractivity contribution in [3.05, 3.63) is 86.2 Å². The van der Waals surface area contributed by atoms with Gasteiger partial charge in [0.25, 0.3) is 0 Å². The van der Waals surface area contributed by atoms with Crippen LogP contribution in [0.3, 0.4) is 0 Å². The third-order valence-corrected chi connectivity index (χ3v) is 7.53. The average molecular weight is 520 g/mol. The molecule has 0 spiro atoms. The molecule has 0 saturated carbocycles. The Kier molecular flexibility index (Phi) is 7.47. The third-order valence-electron chi connectivity index (χ3n) is 6.09. The average Bonchev–Trinajstić information content (AvgIpc) is 3.07. The van der Waals surface area contributed by atoms with Crippen LogP contribution in [-0.2, 0) is 11.3 Å². The van der Waals surface area contributed by atoms with Crippen LogP contribution in [0.2, 0.25) is 5.02 Å². The van der Waals surface area contributed by atoms with E-state index in [1.807, 2.05) is 26.0 Å². The highest BCUT2D eigenvalue weighted by Crippen LogP contribution is 2.40. The van der Waals surface area contributed by atoms with Crippen molar-refractivity contribution in [3.63, 3.8) is 0 Å². The van der Waals surface area contributed by atoms with Crippen LogP contribution in [-0.4, -0.2) is 35.6 Å². The number of aliphatic imine (C=N–C) groups is 1. The van der Waals surface area contributed by atoms with Crippen LogP contribution in [0.25, 0.3) is 0 Å². The molecular formula is C27H26ClN5O2S. The van der Waals surface area contributed by atoms with Gasteiger partial charge in [-0.05, 0) is 44.0 Å². The summed E-state index contributed by atoms with van der Waals surface area (Å²) in [5.74, 6) is 0.0133. The Labute approximate surface area is 218 Å². The molecule has 0 radical (unpaired) electrons. The van der Waals surface area contributed by atoms with Gasteiger partial charge in [-0.2, -0.15) is 0 Å². The van der Waals surface area contributed by atoms with E-state index in [2.05, 4.69) is 5.32 Å². The van der Waals surface area contributed by atoms with Gasteiger partial charge in [0.2, 0.25) is 5.91 Å². The summed E-state index contributed by atoms with van der Waals surface area (Å²) >= 11 is 7.64. The molecule has 4 rings (SSSR count). The number of benzene rings is 2. The van der Waals surface area contributed by atoms with Crippen molar-refractivity contribution in [2.24, 2.45) is 4.99 Å². The normalized spacial score (nSPS) is 15.1. The monoisotopic (exact) mass is 519 g/mol. The number of halogens is 1. The van der Waals surface area contributed by atoms with Gasteiger partial charge in [-0.25, -0.2) is 0 Å². The number of aryl methyl sites for hydroxylation is 1. The Morgan fingerprint density at radius 2 is 1.83 bits per heavy atom. The molecule has 1 aliphatic heterocycles. The number of amidine groups is 2. The van der Waals surface area contributed by atoms with Gasteiger partial charge in [-0.15, -0.1) is 11.3 Å². The lowest BCUT2D eigenvalue weighted by Gasteiger charge is -2.24. The molecule has 2 heterocycles. The summed E-state index contributed by atoms with van der Waals surface area (Å²) in [4.78, 5) is 31.4. The van der Waals surface area contributed by atoms with Gasteiger partial charge in [0, 0.05) is 33.1 Å². The number of hydrogen-bond donors (Lipinski definition) is 3. The van der Waals surface area contributed by atoms with Crippen LogP contribution < -0.4 is 10.2 Å². The molecule has 36 heavy (non-hydrogen) atoms. The maximum absolute atomic E-state index is 12.9. The predicted molar refractivity (Wildman–Crippen MR) is 147 cm³/mol. The topological polar surface area (TPSA) is 109 Å². The zero-order valence-electron chi connectivity index (χ0n) is 20.2. The van der Waals surface area contributed by atoms with E-state index in [4.69, 9.17) is 27.4 Å². The molecule has 1 aliphatic rings. The molecule has 1 aromatic heterocycles. The van der Waals surface area contributed by atoms with E-state index in [0.29, 0.717) is 22.8 Å². The molecular weight excluding hydrogens is 494 g/mol. The van der Waals surface area contributed by atoms with Crippen LogP contribution in [0.4, 0.5) is 5.00 Å². The fraction of sp³-hybridized carbons (Fsp3) is 0.222. The first-order valence-electron chi connectivity index (χ1n) is 11.4. The smallest absolute Gasteiger partial charge is 0.222 e. The van der Waals surface area contributed by atoms with Gasteiger partial charge in [0.1, 0.15) is 29.0 Å². The second-order valence-corrected chi connectivity index (χ2v) is 10.2. The van der Waals surface area contributed by atoms with Crippen molar-refractivity contribution in [2.45, 2.75) is 39.8 Å². The molecule has 1 amide bonds. The first-order valence-corrected chi connectivity index (χ1v) is 12.6. The fourth-order valence-corrected chi connectivity index (χ4v) is 5.40. The molecule has 2 aromatic carbocycles. The van der Waals surface area contributed by atoms with Crippen molar-refractivity contribution < 1.29 is 9.59 Å². The highest BCUT2D eigenvalue weighted by Gasteiger charge is 2.34. The first-order chi connectivity index (χ1) is 17.2. The largest absolute Gasteiger partial charge is 0.352 e. The highest BCUT2D eigenvalue weighted by atomic mass is 35.5. The van der Waals surface area contributed by atoms with Crippen molar-refractivity contribution in [1.82, 2.24) is 5.32 Å². The second-order valence-electron chi connectivity index (χ2n) is 8.61. The molecule has 9 heteroatoms. The minimum absolute atomic E-state index is 0.0426. The number of amides is 1. The number of aldehydes is 1. The molecule has 7 nitrogen and oxygen atoms in total. The fourth-order valence-electron chi connectivity index (χ4n) is 4.05. The molecule has 1 atom stereocenters. The van der Waals surface area contributed by atoms with Gasteiger partial charge in [0.05, 0.1) is 12.1 Å². The maximum Gasteiger partial charge on any atom is 0.222 e. The van der Waals surface area contributed by atoms with Crippen molar-refractivity contribution in [3.8, 4) is 0 Å². The summed E-state index contributed by atoms with van der Waals surface area (Å²) in [6.07, 6.45) is 0.731. The minimum Gasteiger partial charge on any atom is -0.352 e. The number of thiophene rings is 1. The van der Waals surface area contributed by atoms with E-state index in [1.165, 1.54) is 11.3 Å². The molecule has 184 valence electrons. The maximum atomic E-state index is 12.9. The lowest BCUT2D eigenvalue weighted by molar-refractivity contribution is -0.121.